The van der Waals surface area contributed by atoms with Gasteiger partial charge in [0.15, 0.2) is 0 Å². The van der Waals surface area contributed by atoms with E-state index in [1.165, 1.54) is 17.8 Å². The van der Waals surface area contributed by atoms with Crippen LogP contribution < -0.4 is 26.0 Å². The van der Waals surface area contributed by atoms with Crippen LogP contribution in [0.15, 0.2) is 55.0 Å². The van der Waals surface area contributed by atoms with Gasteiger partial charge in [-0.05, 0) is 94.9 Å². The lowest BCUT2D eigenvalue weighted by Gasteiger charge is -2.35. The molecule has 2 aromatic heterocycles. The van der Waals surface area contributed by atoms with E-state index in [-0.39, 0.29) is 35.5 Å². The Hall–Kier alpha value is -5.24. The zero-order valence-corrected chi connectivity index (χ0v) is 30.1. The number of amides is 4. The molecule has 3 saturated heterocycles. The van der Waals surface area contributed by atoms with Crippen molar-refractivity contribution in [3.05, 3.63) is 66.3 Å². The van der Waals surface area contributed by atoms with Crippen molar-refractivity contribution in [3.63, 3.8) is 0 Å². The molecular weight excluding hydrogens is 662 g/mol. The van der Waals surface area contributed by atoms with Gasteiger partial charge in [0.2, 0.25) is 17.7 Å². The molecule has 14 heteroatoms. The molecule has 3 fully saturated rings. The number of likely N-dealkylation sites (tertiary alicyclic amines) is 2. The summed E-state index contributed by atoms with van der Waals surface area (Å²) in [4.78, 5) is 58.6. The lowest BCUT2D eigenvalue weighted by atomic mass is 9.89. The molecule has 0 radical (unpaired) electrons. The van der Waals surface area contributed by atoms with Crippen LogP contribution in [0.5, 0.6) is 5.75 Å². The van der Waals surface area contributed by atoms with Crippen LogP contribution in [0, 0.1) is 5.41 Å². The van der Waals surface area contributed by atoms with Crippen LogP contribution in [0.1, 0.15) is 75.5 Å². The van der Waals surface area contributed by atoms with Gasteiger partial charge in [-0.1, -0.05) is 12.1 Å². The van der Waals surface area contributed by atoms with Crippen LogP contribution >= 0.6 is 0 Å². The monoisotopic (exact) mass is 711 g/mol. The summed E-state index contributed by atoms with van der Waals surface area (Å²) in [7, 11) is 1.70. The number of pyridine rings is 1. The normalized spacial score (nSPS) is 19.2. The lowest BCUT2D eigenvalue weighted by molar-refractivity contribution is -0.134. The molecule has 0 bridgehead atoms. The van der Waals surface area contributed by atoms with Crippen molar-refractivity contribution in [2.24, 2.45) is 0 Å². The fraction of sp³-hybridized carbons (Fsp3) is 0.474. The summed E-state index contributed by atoms with van der Waals surface area (Å²) >= 11 is 0. The van der Waals surface area contributed by atoms with Crippen molar-refractivity contribution in [1.29, 1.82) is 5.41 Å². The fourth-order valence-corrected chi connectivity index (χ4v) is 7.13. The number of nitrogens with zero attached hydrogens (tertiary/aromatic N) is 4. The Morgan fingerprint density at radius 1 is 1.02 bits per heavy atom. The van der Waals surface area contributed by atoms with Gasteiger partial charge in [-0.2, -0.15) is 0 Å². The molecule has 14 nitrogen and oxygen atoms in total. The van der Waals surface area contributed by atoms with Gasteiger partial charge in [-0.3, -0.25) is 34.8 Å². The summed E-state index contributed by atoms with van der Waals surface area (Å²) in [5.74, 6) is 0.252. The van der Waals surface area contributed by atoms with Gasteiger partial charge in [0, 0.05) is 56.6 Å². The predicted octanol–water partition coefficient (Wildman–Crippen LogP) is 3.62. The van der Waals surface area contributed by atoms with E-state index in [4.69, 9.17) is 15.1 Å². The van der Waals surface area contributed by atoms with E-state index in [9.17, 15) is 19.2 Å². The third-order valence-corrected chi connectivity index (χ3v) is 10.0. The number of aromatic nitrogens is 2. The topological polar surface area (TPSA) is 173 Å². The molecule has 0 spiro atoms. The zero-order valence-electron chi connectivity index (χ0n) is 30.1. The Bertz CT molecular complexity index is 1820. The molecule has 276 valence electrons. The molecule has 1 unspecified atom stereocenters. The predicted molar refractivity (Wildman–Crippen MR) is 199 cm³/mol. The Kier molecular flexibility index (Phi) is 11.5. The van der Waals surface area contributed by atoms with Gasteiger partial charge in [-0.15, -0.1) is 0 Å². The second kappa shape index (κ2) is 16.4. The number of imide groups is 1. The van der Waals surface area contributed by atoms with Gasteiger partial charge >= 0.3 is 0 Å². The first-order valence-electron chi connectivity index (χ1n) is 18.2. The van der Waals surface area contributed by atoms with E-state index in [0.29, 0.717) is 36.7 Å². The average Bonchev–Trinajstić information content (AvgIpc) is 3.55. The highest BCUT2D eigenvalue weighted by Gasteiger charge is 2.29. The number of fused-ring (bicyclic) bond motifs is 1. The highest BCUT2D eigenvalue weighted by Crippen LogP contribution is 2.33. The molecule has 5 N–H and O–H groups in total. The number of hydrogen-bond acceptors (Lipinski definition) is 10. The average molecular weight is 712 g/mol. The summed E-state index contributed by atoms with van der Waals surface area (Å²) < 4.78 is 7.89. The number of benzene rings is 1. The lowest BCUT2D eigenvalue weighted by Crippen LogP contribution is -2.47. The second-order valence-corrected chi connectivity index (χ2v) is 14.1. The molecule has 3 aliphatic rings. The molecule has 1 aromatic carbocycles. The van der Waals surface area contributed by atoms with E-state index in [2.05, 4.69) is 38.3 Å². The summed E-state index contributed by atoms with van der Waals surface area (Å²) in [6, 6.07) is 9.58. The molecule has 6 rings (SSSR count). The van der Waals surface area contributed by atoms with Crippen LogP contribution in [0.3, 0.4) is 0 Å². The largest absolute Gasteiger partial charge is 0.489 e. The minimum absolute atomic E-state index is 0.121. The smallest absolute Gasteiger partial charge is 0.273 e. The number of nitrogens with one attached hydrogen (secondary N) is 5. The third-order valence-electron chi connectivity index (χ3n) is 10.0. The molecule has 5 heterocycles. The minimum Gasteiger partial charge on any atom is -0.489 e. The molecule has 3 aliphatic heterocycles. The maximum Gasteiger partial charge on any atom is 0.273 e. The Morgan fingerprint density at radius 3 is 2.40 bits per heavy atom. The van der Waals surface area contributed by atoms with Crippen molar-refractivity contribution < 1.29 is 23.9 Å². The fourth-order valence-electron chi connectivity index (χ4n) is 7.13. The van der Waals surface area contributed by atoms with E-state index in [0.717, 1.165) is 68.9 Å². The van der Waals surface area contributed by atoms with E-state index in [1.54, 1.807) is 13.2 Å². The molecule has 0 saturated carbocycles. The maximum absolute atomic E-state index is 13.3. The summed E-state index contributed by atoms with van der Waals surface area (Å²) in [6.45, 7) is 7.33. The van der Waals surface area contributed by atoms with Crippen LogP contribution in [-0.2, 0) is 19.2 Å². The number of rotatable bonds is 12. The number of carbonyl (C=O) groups is 4. The summed E-state index contributed by atoms with van der Waals surface area (Å²) in [6.07, 6.45) is 11.0. The Balaban J connectivity index is 0.980. The van der Waals surface area contributed by atoms with Crippen molar-refractivity contribution in [2.75, 3.05) is 50.4 Å². The SMILES string of the molecule is CN/C=C\C(=N)C(=O)Nc1cn2cc(C3CCN(CC(=O)N4CCC(c5ccc(NC6CCC(=O)NC6=O)cc5)CC4)CC3)nc2cc1OC(C)C. The van der Waals surface area contributed by atoms with Crippen molar-refractivity contribution >= 4 is 46.4 Å². The van der Waals surface area contributed by atoms with E-state index in [1.807, 2.05) is 47.5 Å². The van der Waals surface area contributed by atoms with Gasteiger partial charge < -0.3 is 30.0 Å². The molecule has 52 heavy (non-hydrogen) atoms. The Labute approximate surface area is 303 Å². The highest BCUT2D eigenvalue weighted by atomic mass is 16.5. The van der Waals surface area contributed by atoms with Gasteiger partial charge in [0.1, 0.15) is 28.8 Å². The summed E-state index contributed by atoms with van der Waals surface area (Å²) in [5, 5.41) is 19.2. The standard InChI is InChI=1S/C38H49N9O5/c1-24(2)52-33-20-34-42-31(21-47(34)22-32(33)43-37(50)29(39)10-15-40-3)27-11-16-45(17-12-27)23-36(49)46-18-13-26(14-19-46)25-4-6-28(7-5-25)41-30-8-9-35(48)44-38(30)51/h4-7,10,15,20-22,24,26-27,30,39-41H,8-9,11-14,16-19,23H2,1-3H3,(H,43,50)(H,44,48,51)/b15-10-,39-29?. The number of anilines is 2. The van der Waals surface area contributed by atoms with Crippen LogP contribution in [0.25, 0.3) is 5.65 Å². The first-order chi connectivity index (χ1) is 25.1. The van der Waals surface area contributed by atoms with Gasteiger partial charge in [-0.25, -0.2) is 4.98 Å². The number of piperidine rings is 3. The summed E-state index contributed by atoms with van der Waals surface area (Å²) in [5.41, 5.74) is 4.06. The molecule has 0 aliphatic carbocycles. The maximum atomic E-state index is 13.3. The number of carbonyl (C=O) groups excluding carboxylic acids is 4. The first-order valence-corrected chi connectivity index (χ1v) is 18.2. The molecular formula is C38H49N9O5. The molecule has 1 atom stereocenters. The van der Waals surface area contributed by atoms with Crippen LogP contribution in [-0.4, -0.2) is 100 Å². The first kappa shape index (κ1) is 36.5. The van der Waals surface area contributed by atoms with Crippen molar-refractivity contribution in [2.45, 2.75) is 76.4 Å². The van der Waals surface area contributed by atoms with Crippen molar-refractivity contribution in [1.82, 2.24) is 29.8 Å². The molecule has 4 amide bonds. The van der Waals surface area contributed by atoms with Gasteiger partial charge in [0.05, 0.1) is 18.3 Å². The van der Waals surface area contributed by atoms with Crippen molar-refractivity contribution in [3.8, 4) is 5.75 Å². The number of ether oxygens (including phenoxy) is 1. The number of imidazole rings is 1. The van der Waals surface area contributed by atoms with Gasteiger partial charge in [0.25, 0.3) is 5.91 Å². The second-order valence-electron chi connectivity index (χ2n) is 14.1. The third kappa shape index (κ3) is 8.97. The van der Waals surface area contributed by atoms with E-state index < -0.39 is 11.9 Å². The Morgan fingerprint density at radius 2 is 1.73 bits per heavy atom. The molecule has 3 aromatic rings. The highest BCUT2D eigenvalue weighted by molar-refractivity contribution is 6.46. The minimum atomic E-state index is -0.543. The number of hydrogen-bond donors (Lipinski definition) is 5. The zero-order chi connectivity index (χ0) is 36.8. The van der Waals surface area contributed by atoms with E-state index >= 15 is 0 Å². The van der Waals surface area contributed by atoms with Crippen LogP contribution in [0.4, 0.5) is 11.4 Å². The quantitative estimate of drug-likeness (QED) is 0.139. The van der Waals surface area contributed by atoms with Crippen LogP contribution in [0.2, 0.25) is 0 Å².